The first kappa shape index (κ1) is 14.3. The van der Waals surface area contributed by atoms with Crippen LogP contribution in [0, 0.1) is 0 Å². The van der Waals surface area contributed by atoms with Gasteiger partial charge in [-0.05, 0) is 31.3 Å². The predicted molar refractivity (Wildman–Crippen MR) is 76.9 cm³/mol. The molecule has 20 heavy (non-hydrogen) atoms. The SMILES string of the molecule is COc1ccc(C(=O)CN(C)Cc2cnn(C)c2)cc1. The molecule has 5 nitrogen and oxygen atoms in total. The van der Waals surface area contributed by atoms with E-state index in [1.807, 2.05) is 31.4 Å². The number of nitrogens with zero attached hydrogens (tertiary/aromatic N) is 3. The molecule has 0 spiro atoms. The summed E-state index contributed by atoms with van der Waals surface area (Å²) < 4.78 is 6.84. The van der Waals surface area contributed by atoms with Crippen molar-refractivity contribution < 1.29 is 9.53 Å². The molecule has 0 bridgehead atoms. The van der Waals surface area contributed by atoms with Gasteiger partial charge in [0.1, 0.15) is 5.75 Å². The van der Waals surface area contributed by atoms with E-state index in [1.54, 1.807) is 36.1 Å². The molecule has 0 aliphatic carbocycles. The second-order valence-electron chi connectivity index (χ2n) is 4.85. The quantitative estimate of drug-likeness (QED) is 0.752. The van der Waals surface area contributed by atoms with Crippen molar-refractivity contribution in [1.29, 1.82) is 0 Å². The lowest BCUT2D eigenvalue weighted by molar-refractivity contribution is 0.0943. The highest BCUT2D eigenvalue weighted by Gasteiger charge is 2.10. The van der Waals surface area contributed by atoms with E-state index in [2.05, 4.69) is 5.10 Å². The van der Waals surface area contributed by atoms with E-state index in [0.717, 1.165) is 11.3 Å². The van der Waals surface area contributed by atoms with Crippen LogP contribution in [0.2, 0.25) is 0 Å². The molecule has 0 atom stereocenters. The summed E-state index contributed by atoms with van der Waals surface area (Å²) in [4.78, 5) is 14.1. The van der Waals surface area contributed by atoms with Gasteiger partial charge < -0.3 is 4.74 Å². The van der Waals surface area contributed by atoms with E-state index in [0.29, 0.717) is 18.7 Å². The number of rotatable bonds is 6. The Kier molecular flexibility index (Phi) is 4.53. The fourth-order valence-corrected chi connectivity index (χ4v) is 2.03. The van der Waals surface area contributed by atoms with Gasteiger partial charge in [-0.25, -0.2) is 0 Å². The van der Waals surface area contributed by atoms with Crippen LogP contribution in [0.5, 0.6) is 5.75 Å². The van der Waals surface area contributed by atoms with Crippen LogP contribution in [0.25, 0.3) is 0 Å². The smallest absolute Gasteiger partial charge is 0.176 e. The van der Waals surface area contributed by atoms with Crippen molar-refractivity contribution in [2.75, 3.05) is 20.7 Å². The maximum atomic E-state index is 12.1. The summed E-state index contributed by atoms with van der Waals surface area (Å²) in [5.41, 5.74) is 1.79. The molecule has 5 heteroatoms. The van der Waals surface area contributed by atoms with Crippen LogP contribution in [0.3, 0.4) is 0 Å². The number of ether oxygens (including phenoxy) is 1. The third-order valence-corrected chi connectivity index (χ3v) is 3.04. The molecule has 0 unspecified atom stereocenters. The fraction of sp³-hybridized carbons (Fsp3) is 0.333. The van der Waals surface area contributed by atoms with Gasteiger partial charge in [0, 0.05) is 30.9 Å². The van der Waals surface area contributed by atoms with Crippen molar-refractivity contribution in [2.24, 2.45) is 7.05 Å². The lowest BCUT2D eigenvalue weighted by atomic mass is 10.1. The topological polar surface area (TPSA) is 47.4 Å². The zero-order valence-electron chi connectivity index (χ0n) is 12.0. The highest BCUT2D eigenvalue weighted by atomic mass is 16.5. The zero-order chi connectivity index (χ0) is 14.5. The number of ketones is 1. The summed E-state index contributed by atoms with van der Waals surface area (Å²) >= 11 is 0. The maximum absolute atomic E-state index is 12.1. The Balaban J connectivity index is 1.92. The average Bonchev–Trinajstić information content (AvgIpc) is 2.84. The molecular weight excluding hydrogens is 254 g/mol. The predicted octanol–water partition coefficient (Wildman–Crippen LogP) is 1.74. The number of carbonyl (C=O) groups is 1. The van der Waals surface area contributed by atoms with Crippen LogP contribution in [0.15, 0.2) is 36.7 Å². The monoisotopic (exact) mass is 273 g/mol. The van der Waals surface area contributed by atoms with Crippen LogP contribution in [0.1, 0.15) is 15.9 Å². The van der Waals surface area contributed by atoms with E-state index in [4.69, 9.17) is 4.74 Å². The molecule has 0 amide bonds. The number of hydrogen-bond donors (Lipinski definition) is 0. The first-order chi connectivity index (χ1) is 9.58. The molecule has 0 aliphatic heterocycles. The van der Waals surface area contributed by atoms with Gasteiger partial charge in [0.25, 0.3) is 0 Å². The Morgan fingerprint density at radius 1 is 1.35 bits per heavy atom. The molecule has 0 fully saturated rings. The fourth-order valence-electron chi connectivity index (χ4n) is 2.03. The second kappa shape index (κ2) is 6.34. The van der Waals surface area contributed by atoms with Crippen molar-refractivity contribution in [2.45, 2.75) is 6.54 Å². The summed E-state index contributed by atoms with van der Waals surface area (Å²) in [5.74, 6) is 0.851. The van der Waals surface area contributed by atoms with E-state index in [1.165, 1.54) is 0 Å². The normalized spacial score (nSPS) is 10.8. The Hall–Kier alpha value is -2.14. The molecule has 1 aromatic heterocycles. The summed E-state index contributed by atoms with van der Waals surface area (Å²) in [6.07, 6.45) is 3.77. The van der Waals surface area contributed by atoms with Crippen molar-refractivity contribution in [3.63, 3.8) is 0 Å². The van der Waals surface area contributed by atoms with E-state index in [9.17, 15) is 4.79 Å². The van der Waals surface area contributed by atoms with Gasteiger partial charge in [0.15, 0.2) is 5.78 Å². The Morgan fingerprint density at radius 3 is 2.60 bits per heavy atom. The highest BCUT2D eigenvalue weighted by molar-refractivity contribution is 5.97. The summed E-state index contributed by atoms with van der Waals surface area (Å²) in [7, 11) is 5.42. The van der Waals surface area contributed by atoms with Crippen molar-refractivity contribution in [1.82, 2.24) is 14.7 Å². The van der Waals surface area contributed by atoms with Gasteiger partial charge in [-0.15, -0.1) is 0 Å². The largest absolute Gasteiger partial charge is 0.497 e. The Bertz CT molecular complexity index is 575. The molecule has 0 saturated carbocycles. The minimum atomic E-state index is 0.0963. The van der Waals surface area contributed by atoms with E-state index in [-0.39, 0.29) is 5.78 Å². The number of likely N-dealkylation sites (N-methyl/N-ethyl adjacent to an activating group) is 1. The molecule has 106 valence electrons. The number of benzene rings is 1. The van der Waals surface area contributed by atoms with Crippen LogP contribution in [-0.4, -0.2) is 41.2 Å². The summed E-state index contributed by atoms with van der Waals surface area (Å²) in [6.45, 7) is 1.08. The molecular formula is C15H19N3O2. The van der Waals surface area contributed by atoms with Gasteiger partial charge in [0.05, 0.1) is 19.9 Å². The maximum Gasteiger partial charge on any atom is 0.176 e. The van der Waals surface area contributed by atoms with E-state index >= 15 is 0 Å². The Morgan fingerprint density at radius 2 is 2.05 bits per heavy atom. The van der Waals surface area contributed by atoms with Gasteiger partial charge in [0.2, 0.25) is 0 Å². The summed E-state index contributed by atoms with van der Waals surface area (Å²) in [6, 6.07) is 7.18. The highest BCUT2D eigenvalue weighted by Crippen LogP contribution is 2.12. The third-order valence-electron chi connectivity index (χ3n) is 3.04. The molecule has 0 N–H and O–H groups in total. The lowest BCUT2D eigenvalue weighted by Gasteiger charge is -2.14. The standard InChI is InChI=1S/C15H19N3O2/c1-17(9-12-8-16-18(2)10-12)11-15(19)13-4-6-14(20-3)7-5-13/h4-8,10H,9,11H2,1-3H3. The van der Waals surface area contributed by atoms with E-state index < -0.39 is 0 Å². The lowest BCUT2D eigenvalue weighted by Crippen LogP contribution is -2.25. The van der Waals surface area contributed by atoms with Crippen molar-refractivity contribution in [3.8, 4) is 5.75 Å². The summed E-state index contributed by atoms with van der Waals surface area (Å²) in [5, 5.41) is 4.12. The zero-order valence-corrected chi connectivity index (χ0v) is 12.0. The van der Waals surface area contributed by atoms with Crippen molar-refractivity contribution >= 4 is 5.78 Å². The first-order valence-electron chi connectivity index (χ1n) is 6.42. The number of methoxy groups -OCH3 is 1. The molecule has 0 aliphatic rings. The van der Waals surface area contributed by atoms with Crippen LogP contribution < -0.4 is 4.74 Å². The molecule has 1 aromatic carbocycles. The molecule has 0 saturated heterocycles. The number of aryl methyl sites for hydroxylation is 1. The third kappa shape index (κ3) is 3.68. The Labute approximate surface area is 118 Å². The minimum Gasteiger partial charge on any atom is -0.497 e. The molecule has 2 aromatic rings. The minimum absolute atomic E-state index is 0.0963. The average molecular weight is 273 g/mol. The second-order valence-corrected chi connectivity index (χ2v) is 4.85. The molecule has 1 heterocycles. The van der Waals surface area contributed by atoms with Crippen LogP contribution in [-0.2, 0) is 13.6 Å². The molecule has 2 rings (SSSR count). The number of hydrogen-bond acceptors (Lipinski definition) is 4. The van der Waals surface area contributed by atoms with Gasteiger partial charge in [-0.3, -0.25) is 14.4 Å². The van der Waals surface area contributed by atoms with Crippen LogP contribution >= 0.6 is 0 Å². The van der Waals surface area contributed by atoms with Gasteiger partial charge in [-0.1, -0.05) is 0 Å². The number of carbonyl (C=O) groups excluding carboxylic acids is 1. The van der Waals surface area contributed by atoms with Crippen LogP contribution in [0.4, 0.5) is 0 Å². The van der Waals surface area contributed by atoms with Gasteiger partial charge in [-0.2, -0.15) is 5.10 Å². The first-order valence-corrected chi connectivity index (χ1v) is 6.42. The van der Waals surface area contributed by atoms with Crippen molar-refractivity contribution in [3.05, 3.63) is 47.8 Å². The molecule has 0 radical (unpaired) electrons. The number of Topliss-reactive ketones (excluding diaryl/α,β-unsaturated/α-hetero) is 1. The number of aromatic nitrogens is 2. The van der Waals surface area contributed by atoms with Gasteiger partial charge >= 0.3 is 0 Å².